The molecule has 2 aromatic carbocycles. The first-order chi connectivity index (χ1) is 16.1. The van der Waals surface area contributed by atoms with E-state index in [1.807, 2.05) is 0 Å². The van der Waals surface area contributed by atoms with Crippen LogP contribution in [0.3, 0.4) is 0 Å². The number of sulfonamides is 1. The van der Waals surface area contributed by atoms with Crippen molar-refractivity contribution in [2.75, 3.05) is 0 Å². The monoisotopic (exact) mass is 494 g/mol. The fourth-order valence-electron chi connectivity index (χ4n) is 3.23. The third-order valence-corrected chi connectivity index (χ3v) is 6.90. The van der Waals surface area contributed by atoms with Gasteiger partial charge in [-0.1, -0.05) is 12.1 Å². The van der Waals surface area contributed by atoms with E-state index in [2.05, 4.69) is 10.1 Å². The Bertz CT molecular complexity index is 1220. The van der Waals surface area contributed by atoms with E-state index in [1.165, 1.54) is 6.26 Å². The van der Waals surface area contributed by atoms with E-state index in [4.69, 9.17) is 4.42 Å². The molecule has 11 heteroatoms. The van der Waals surface area contributed by atoms with E-state index in [1.54, 1.807) is 36.4 Å². The summed E-state index contributed by atoms with van der Waals surface area (Å²) in [5.74, 6) is -0.319. The summed E-state index contributed by atoms with van der Waals surface area (Å²) in [5, 5.41) is 2.89. The number of nitrogens with one attached hydrogen (secondary N) is 1. The number of nitrogens with zero attached hydrogens (tertiary/aromatic N) is 1. The zero-order chi connectivity index (χ0) is 24.3. The van der Waals surface area contributed by atoms with Crippen molar-refractivity contribution < 1.29 is 35.5 Å². The standard InChI is InChI=1S/C23H21F3N2O5S/c24-23(25,26)33-19-9-11-21(12-10-19)34(30,31)28(15-20-2-1-13-32-20)14-16-3-5-17(6-4-16)22(29)27-18-7-8-18/h1-6,9-13,18H,7-8,14-15H2,(H,27,29). The van der Waals surface area contributed by atoms with Crippen molar-refractivity contribution in [3.8, 4) is 5.75 Å². The highest BCUT2D eigenvalue weighted by atomic mass is 32.2. The van der Waals surface area contributed by atoms with Gasteiger partial charge in [-0.25, -0.2) is 8.42 Å². The summed E-state index contributed by atoms with van der Waals surface area (Å²) in [4.78, 5) is 12.0. The maximum Gasteiger partial charge on any atom is 0.573 e. The highest BCUT2D eigenvalue weighted by Gasteiger charge is 2.32. The van der Waals surface area contributed by atoms with Gasteiger partial charge in [0.1, 0.15) is 11.5 Å². The van der Waals surface area contributed by atoms with Crippen LogP contribution in [0.25, 0.3) is 0 Å². The molecular weight excluding hydrogens is 473 g/mol. The molecule has 1 saturated carbocycles. The molecule has 0 spiro atoms. The number of alkyl halides is 3. The minimum atomic E-state index is -4.88. The molecule has 1 aliphatic carbocycles. The molecule has 4 rings (SSSR count). The summed E-state index contributed by atoms with van der Waals surface area (Å²) in [5.41, 5.74) is 1.09. The zero-order valence-electron chi connectivity index (χ0n) is 17.8. The van der Waals surface area contributed by atoms with Crippen molar-refractivity contribution in [1.29, 1.82) is 0 Å². The number of halogens is 3. The van der Waals surface area contributed by atoms with Gasteiger partial charge in [0.2, 0.25) is 10.0 Å². The fraction of sp³-hybridized carbons (Fsp3) is 0.261. The van der Waals surface area contributed by atoms with Gasteiger partial charge in [-0.15, -0.1) is 13.2 Å². The molecule has 180 valence electrons. The summed E-state index contributed by atoms with van der Waals surface area (Å²) < 4.78 is 74.1. The van der Waals surface area contributed by atoms with E-state index < -0.39 is 22.1 Å². The quantitative estimate of drug-likeness (QED) is 0.475. The van der Waals surface area contributed by atoms with Crippen molar-refractivity contribution in [2.45, 2.75) is 43.2 Å². The Morgan fingerprint density at radius 3 is 2.26 bits per heavy atom. The van der Waals surface area contributed by atoms with Crippen molar-refractivity contribution in [3.63, 3.8) is 0 Å². The molecule has 0 bridgehead atoms. The molecule has 3 aromatic rings. The molecule has 0 atom stereocenters. The number of amides is 1. The lowest BCUT2D eigenvalue weighted by atomic mass is 10.1. The normalized spacial score (nSPS) is 14.2. The van der Waals surface area contributed by atoms with Crippen LogP contribution in [0.2, 0.25) is 0 Å². The Morgan fingerprint density at radius 2 is 1.71 bits per heavy atom. The first-order valence-corrected chi connectivity index (χ1v) is 11.8. The van der Waals surface area contributed by atoms with Crippen molar-refractivity contribution in [3.05, 3.63) is 83.8 Å². The van der Waals surface area contributed by atoms with Crippen molar-refractivity contribution in [1.82, 2.24) is 9.62 Å². The Kier molecular flexibility index (Phi) is 6.67. The predicted molar refractivity (Wildman–Crippen MR) is 115 cm³/mol. The lowest BCUT2D eigenvalue weighted by molar-refractivity contribution is -0.274. The molecule has 0 radical (unpaired) electrons. The van der Waals surface area contributed by atoms with E-state index in [9.17, 15) is 26.4 Å². The zero-order valence-corrected chi connectivity index (χ0v) is 18.6. The maximum atomic E-state index is 13.3. The largest absolute Gasteiger partial charge is 0.573 e. The summed E-state index contributed by atoms with van der Waals surface area (Å²) in [6.07, 6.45) is -1.54. The highest BCUT2D eigenvalue weighted by molar-refractivity contribution is 7.89. The second kappa shape index (κ2) is 9.51. The minimum absolute atomic E-state index is 0.0473. The smallest absolute Gasteiger partial charge is 0.468 e. The van der Waals surface area contributed by atoms with Crippen molar-refractivity contribution in [2.24, 2.45) is 0 Å². The van der Waals surface area contributed by atoms with Gasteiger partial charge in [0.15, 0.2) is 0 Å². The van der Waals surface area contributed by atoms with Crippen LogP contribution in [0.15, 0.2) is 76.2 Å². The van der Waals surface area contributed by atoms with E-state index in [-0.39, 0.29) is 29.9 Å². The van der Waals surface area contributed by atoms with Crippen LogP contribution in [-0.4, -0.2) is 31.0 Å². The molecule has 1 N–H and O–H groups in total. The maximum absolute atomic E-state index is 13.3. The third kappa shape index (κ3) is 6.17. The average molecular weight is 494 g/mol. The molecule has 1 heterocycles. The predicted octanol–water partition coefficient (Wildman–Crippen LogP) is 4.46. The van der Waals surface area contributed by atoms with Crippen LogP contribution in [0.1, 0.15) is 34.5 Å². The number of hydrogen-bond acceptors (Lipinski definition) is 5. The summed E-state index contributed by atoms with van der Waals surface area (Å²) in [6.45, 7) is -0.144. The first kappa shape index (κ1) is 23.8. The van der Waals surface area contributed by atoms with Gasteiger partial charge in [0, 0.05) is 18.2 Å². The van der Waals surface area contributed by atoms with Crippen LogP contribution in [0.5, 0.6) is 5.75 Å². The second-order valence-electron chi connectivity index (χ2n) is 7.82. The lowest BCUT2D eigenvalue weighted by Gasteiger charge is -2.22. The van der Waals surface area contributed by atoms with Gasteiger partial charge in [-0.2, -0.15) is 4.31 Å². The SMILES string of the molecule is O=C(NC1CC1)c1ccc(CN(Cc2ccco2)S(=O)(=O)c2ccc(OC(F)(F)F)cc2)cc1. The molecule has 7 nitrogen and oxygen atoms in total. The van der Waals surface area contributed by atoms with Gasteiger partial charge >= 0.3 is 6.36 Å². The summed E-state index contributed by atoms with van der Waals surface area (Å²) in [7, 11) is -4.11. The summed E-state index contributed by atoms with van der Waals surface area (Å²) in [6, 6.07) is 14.0. The Morgan fingerprint density at radius 1 is 1.03 bits per heavy atom. The van der Waals surface area contributed by atoms with Crippen LogP contribution >= 0.6 is 0 Å². The second-order valence-corrected chi connectivity index (χ2v) is 9.75. The Labute approximate surface area is 194 Å². The Hall–Kier alpha value is -3.31. The molecule has 1 fully saturated rings. The molecule has 1 aliphatic rings. The molecule has 1 aromatic heterocycles. The number of benzene rings is 2. The topological polar surface area (TPSA) is 88.9 Å². The van der Waals surface area contributed by atoms with E-state index in [0.717, 1.165) is 41.4 Å². The van der Waals surface area contributed by atoms with Gasteiger partial charge in [-0.3, -0.25) is 4.79 Å². The van der Waals surface area contributed by atoms with Gasteiger partial charge in [0.25, 0.3) is 5.91 Å². The van der Waals surface area contributed by atoms with Crippen LogP contribution in [-0.2, 0) is 23.1 Å². The number of carbonyl (C=O) groups excluding carboxylic acids is 1. The van der Waals surface area contributed by atoms with E-state index >= 15 is 0 Å². The number of rotatable bonds is 9. The lowest BCUT2D eigenvalue weighted by Crippen LogP contribution is -2.30. The van der Waals surface area contributed by atoms with Crippen molar-refractivity contribution >= 4 is 15.9 Å². The van der Waals surface area contributed by atoms with E-state index in [0.29, 0.717) is 16.9 Å². The molecule has 34 heavy (non-hydrogen) atoms. The molecule has 0 aliphatic heterocycles. The van der Waals surface area contributed by atoms with Crippen LogP contribution < -0.4 is 10.1 Å². The average Bonchev–Trinajstić information content (AvgIpc) is 3.44. The number of ether oxygens (including phenoxy) is 1. The first-order valence-electron chi connectivity index (χ1n) is 10.4. The molecule has 0 unspecified atom stereocenters. The highest BCUT2D eigenvalue weighted by Crippen LogP contribution is 2.27. The number of furan rings is 1. The fourth-order valence-corrected chi connectivity index (χ4v) is 4.62. The van der Waals surface area contributed by atoms with Gasteiger partial charge in [0.05, 0.1) is 17.7 Å². The summed E-state index contributed by atoms with van der Waals surface area (Å²) >= 11 is 0. The molecule has 0 saturated heterocycles. The minimum Gasteiger partial charge on any atom is -0.468 e. The third-order valence-electron chi connectivity index (χ3n) is 5.09. The number of carbonyl (C=O) groups is 1. The van der Waals surface area contributed by atoms with Gasteiger partial charge < -0.3 is 14.5 Å². The number of hydrogen-bond donors (Lipinski definition) is 1. The molecular formula is C23H21F3N2O5S. The van der Waals surface area contributed by atoms with Gasteiger partial charge in [-0.05, 0) is 66.9 Å². The van der Waals surface area contributed by atoms with Crippen LogP contribution in [0.4, 0.5) is 13.2 Å². The Balaban J connectivity index is 1.54. The van der Waals surface area contributed by atoms with Crippen LogP contribution in [0, 0.1) is 0 Å². The molecule has 1 amide bonds.